The number of rotatable bonds is 1. The van der Waals surface area contributed by atoms with Crippen molar-refractivity contribution in [1.82, 2.24) is 5.32 Å². The fraction of sp³-hybridized carbons (Fsp3) is 0.900. The van der Waals surface area contributed by atoms with Gasteiger partial charge < -0.3 is 10.1 Å². The predicted molar refractivity (Wildman–Crippen MR) is 49.3 cm³/mol. The molecule has 1 saturated heterocycles. The zero-order chi connectivity index (χ0) is 9.69. The summed E-state index contributed by atoms with van der Waals surface area (Å²) < 4.78 is 5.32. The van der Waals surface area contributed by atoms with Gasteiger partial charge in [0.2, 0.25) is 0 Å². The first-order valence-electron chi connectivity index (χ1n) is 4.89. The lowest BCUT2D eigenvalue weighted by atomic mass is 9.88. The number of hydrogen-bond donors (Lipinski definition) is 1. The molecule has 1 heterocycles. The highest BCUT2D eigenvalue weighted by Crippen LogP contribution is 2.53. The topological polar surface area (TPSA) is 38.3 Å². The number of carbonyl (C=O) groups is 1. The summed E-state index contributed by atoms with van der Waals surface area (Å²) in [7, 11) is 0. The maximum atomic E-state index is 11.6. The van der Waals surface area contributed by atoms with Crippen LogP contribution in [0.4, 0.5) is 0 Å². The summed E-state index contributed by atoms with van der Waals surface area (Å²) in [6.45, 7) is 6.71. The van der Waals surface area contributed by atoms with Gasteiger partial charge in [-0.25, -0.2) is 0 Å². The van der Waals surface area contributed by atoms with Crippen molar-refractivity contribution in [2.24, 2.45) is 5.41 Å². The van der Waals surface area contributed by atoms with Gasteiger partial charge in [-0.15, -0.1) is 0 Å². The van der Waals surface area contributed by atoms with Gasteiger partial charge in [0.25, 0.3) is 0 Å². The molecule has 0 amide bonds. The number of ether oxygens (including phenoxy) is 1. The van der Waals surface area contributed by atoms with Gasteiger partial charge in [-0.2, -0.15) is 0 Å². The minimum absolute atomic E-state index is 0.0216. The average molecular weight is 183 g/mol. The van der Waals surface area contributed by atoms with E-state index >= 15 is 0 Å². The molecule has 3 heteroatoms. The van der Waals surface area contributed by atoms with E-state index < -0.39 is 0 Å². The molecular formula is C10H17NO2. The third-order valence-corrected chi connectivity index (χ3v) is 2.81. The van der Waals surface area contributed by atoms with Gasteiger partial charge in [-0.3, -0.25) is 4.79 Å². The molecule has 0 bridgehead atoms. The predicted octanol–water partition coefficient (Wildman–Crippen LogP) is 1.08. The molecule has 2 fully saturated rings. The van der Waals surface area contributed by atoms with E-state index in [1.807, 2.05) is 20.8 Å². The van der Waals surface area contributed by atoms with Crippen molar-refractivity contribution in [2.75, 3.05) is 6.54 Å². The van der Waals surface area contributed by atoms with E-state index in [9.17, 15) is 4.79 Å². The molecule has 1 aliphatic heterocycles. The highest BCUT2D eigenvalue weighted by atomic mass is 16.6. The van der Waals surface area contributed by atoms with Crippen LogP contribution in [0.1, 0.15) is 33.6 Å². The Kier molecular flexibility index (Phi) is 1.71. The normalized spacial score (nSPS) is 29.6. The summed E-state index contributed by atoms with van der Waals surface area (Å²) in [6, 6.07) is -0.0216. The zero-order valence-corrected chi connectivity index (χ0v) is 8.52. The lowest BCUT2D eigenvalue weighted by Crippen LogP contribution is -2.60. The SMILES string of the molecule is CC(C)(C)OC(=O)C1NCC12CC2. The Morgan fingerprint density at radius 2 is 2.08 bits per heavy atom. The summed E-state index contributed by atoms with van der Waals surface area (Å²) in [5, 5.41) is 3.15. The van der Waals surface area contributed by atoms with Gasteiger partial charge in [0.05, 0.1) is 0 Å². The first-order chi connectivity index (χ1) is 5.93. The van der Waals surface area contributed by atoms with Gasteiger partial charge in [-0.1, -0.05) is 0 Å². The van der Waals surface area contributed by atoms with Gasteiger partial charge in [0, 0.05) is 12.0 Å². The monoisotopic (exact) mass is 183 g/mol. The smallest absolute Gasteiger partial charge is 0.324 e. The molecule has 1 aliphatic carbocycles. The van der Waals surface area contributed by atoms with Crippen molar-refractivity contribution >= 4 is 5.97 Å². The standard InChI is InChI=1S/C10H17NO2/c1-9(2,3)13-8(12)7-10(4-5-10)6-11-7/h7,11H,4-6H2,1-3H3. The van der Waals surface area contributed by atoms with Crippen LogP contribution in [-0.4, -0.2) is 24.2 Å². The minimum atomic E-state index is -0.357. The number of carbonyl (C=O) groups excluding carboxylic acids is 1. The number of nitrogens with one attached hydrogen (secondary N) is 1. The fourth-order valence-electron chi connectivity index (χ4n) is 1.81. The van der Waals surface area contributed by atoms with E-state index in [2.05, 4.69) is 5.32 Å². The summed E-state index contributed by atoms with van der Waals surface area (Å²) >= 11 is 0. The Morgan fingerprint density at radius 3 is 2.38 bits per heavy atom. The van der Waals surface area contributed by atoms with Crippen LogP contribution in [-0.2, 0) is 9.53 Å². The second-order valence-corrected chi connectivity index (χ2v) is 5.21. The second-order valence-electron chi connectivity index (χ2n) is 5.21. The summed E-state index contributed by atoms with van der Waals surface area (Å²) in [6.07, 6.45) is 2.37. The van der Waals surface area contributed by atoms with Gasteiger partial charge in [0.15, 0.2) is 0 Å². The molecule has 0 radical (unpaired) electrons. The molecule has 0 aromatic heterocycles. The summed E-state index contributed by atoms with van der Waals surface area (Å²) in [5.74, 6) is -0.0729. The molecular weight excluding hydrogens is 166 g/mol. The maximum absolute atomic E-state index is 11.6. The summed E-state index contributed by atoms with van der Waals surface area (Å²) in [5.41, 5.74) is -0.0627. The van der Waals surface area contributed by atoms with Crippen molar-refractivity contribution in [2.45, 2.75) is 45.3 Å². The van der Waals surface area contributed by atoms with Crippen molar-refractivity contribution in [3.8, 4) is 0 Å². The average Bonchev–Trinajstić information content (AvgIpc) is 2.57. The third kappa shape index (κ3) is 1.57. The van der Waals surface area contributed by atoms with Crippen LogP contribution >= 0.6 is 0 Å². The second kappa shape index (κ2) is 2.47. The molecule has 0 aromatic carbocycles. The Morgan fingerprint density at radius 1 is 1.46 bits per heavy atom. The Hall–Kier alpha value is -0.570. The van der Waals surface area contributed by atoms with E-state index in [1.54, 1.807) is 0 Å². The van der Waals surface area contributed by atoms with E-state index in [-0.39, 0.29) is 17.6 Å². The zero-order valence-electron chi connectivity index (χ0n) is 8.52. The van der Waals surface area contributed by atoms with Crippen LogP contribution in [0, 0.1) is 5.41 Å². The van der Waals surface area contributed by atoms with E-state index in [0.717, 1.165) is 6.54 Å². The van der Waals surface area contributed by atoms with Gasteiger partial charge >= 0.3 is 5.97 Å². The molecule has 74 valence electrons. The molecule has 3 nitrogen and oxygen atoms in total. The molecule has 1 atom stereocenters. The largest absolute Gasteiger partial charge is 0.459 e. The van der Waals surface area contributed by atoms with E-state index in [0.29, 0.717) is 5.41 Å². The molecule has 1 N–H and O–H groups in total. The summed E-state index contributed by atoms with van der Waals surface area (Å²) in [4.78, 5) is 11.6. The van der Waals surface area contributed by atoms with Crippen molar-refractivity contribution in [3.05, 3.63) is 0 Å². The van der Waals surface area contributed by atoms with Crippen LogP contribution in [0.3, 0.4) is 0 Å². The lowest BCUT2D eigenvalue weighted by Gasteiger charge is -2.38. The number of esters is 1. The maximum Gasteiger partial charge on any atom is 0.324 e. The van der Waals surface area contributed by atoms with Crippen molar-refractivity contribution < 1.29 is 9.53 Å². The van der Waals surface area contributed by atoms with Crippen LogP contribution in [0.2, 0.25) is 0 Å². The Bertz CT molecular complexity index is 238. The first-order valence-corrected chi connectivity index (χ1v) is 4.89. The third-order valence-electron chi connectivity index (χ3n) is 2.81. The van der Waals surface area contributed by atoms with E-state index in [4.69, 9.17) is 4.74 Å². The number of hydrogen-bond acceptors (Lipinski definition) is 3. The molecule has 1 saturated carbocycles. The van der Waals surface area contributed by atoms with Crippen LogP contribution in [0.15, 0.2) is 0 Å². The highest BCUT2D eigenvalue weighted by Gasteiger charge is 2.59. The fourth-order valence-corrected chi connectivity index (χ4v) is 1.81. The van der Waals surface area contributed by atoms with E-state index in [1.165, 1.54) is 12.8 Å². The Balaban J connectivity index is 1.91. The molecule has 1 spiro atoms. The Labute approximate surface area is 78.8 Å². The molecule has 2 rings (SSSR count). The molecule has 0 aromatic rings. The highest BCUT2D eigenvalue weighted by molar-refractivity contribution is 5.79. The van der Waals surface area contributed by atoms with Crippen molar-refractivity contribution in [3.63, 3.8) is 0 Å². The molecule has 13 heavy (non-hydrogen) atoms. The van der Waals surface area contributed by atoms with Crippen LogP contribution < -0.4 is 5.32 Å². The van der Waals surface area contributed by atoms with Crippen LogP contribution in [0.5, 0.6) is 0 Å². The van der Waals surface area contributed by atoms with Crippen molar-refractivity contribution in [1.29, 1.82) is 0 Å². The van der Waals surface area contributed by atoms with Gasteiger partial charge in [-0.05, 0) is 33.6 Å². The lowest BCUT2D eigenvalue weighted by molar-refractivity contribution is -0.162. The first kappa shape index (κ1) is 9.00. The minimum Gasteiger partial charge on any atom is -0.459 e. The van der Waals surface area contributed by atoms with Crippen LogP contribution in [0.25, 0.3) is 0 Å². The molecule has 1 unspecified atom stereocenters. The van der Waals surface area contributed by atoms with Gasteiger partial charge in [0.1, 0.15) is 11.6 Å². The molecule has 2 aliphatic rings. The quantitative estimate of drug-likeness (QED) is 0.618.